The van der Waals surface area contributed by atoms with Gasteiger partial charge in [0.15, 0.2) is 0 Å². The van der Waals surface area contributed by atoms with Crippen molar-refractivity contribution in [3.8, 4) is 0 Å². The molecule has 7 nitrogen and oxygen atoms in total. The summed E-state index contributed by atoms with van der Waals surface area (Å²) in [6.07, 6.45) is 0.0593. The number of hydrogen-bond donors (Lipinski definition) is 1. The summed E-state index contributed by atoms with van der Waals surface area (Å²) < 4.78 is 61.5. The molecule has 1 amide bonds. The molecule has 1 aromatic heterocycles. The monoisotopic (exact) mass is 516 g/mol. The van der Waals surface area contributed by atoms with E-state index in [0.717, 1.165) is 34.6 Å². The van der Waals surface area contributed by atoms with Crippen molar-refractivity contribution in [3.63, 3.8) is 0 Å². The van der Waals surface area contributed by atoms with Crippen LogP contribution in [0.15, 0.2) is 42.7 Å². The highest BCUT2D eigenvalue weighted by Gasteiger charge is 2.57. The van der Waals surface area contributed by atoms with Gasteiger partial charge in [-0.05, 0) is 54.8 Å². The van der Waals surface area contributed by atoms with E-state index in [4.69, 9.17) is 0 Å². The molecular weight excluding hydrogens is 488 g/mol. The molecule has 3 heterocycles. The average molecular weight is 517 g/mol. The molecule has 1 N–H and O–H groups in total. The molecule has 0 radical (unpaired) electrons. The maximum atomic E-state index is 15.8. The van der Waals surface area contributed by atoms with E-state index >= 15 is 13.2 Å². The number of halogens is 4. The number of fused-ring (bicyclic) bond motifs is 1. The van der Waals surface area contributed by atoms with Gasteiger partial charge in [0, 0.05) is 44.1 Å². The number of hydrogen-bond acceptors (Lipinski definition) is 5. The van der Waals surface area contributed by atoms with Crippen molar-refractivity contribution in [3.05, 3.63) is 70.8 Å². The van der Waals surface area contributed by atoms with Crippen molar-refractivity contribution in [2.75, 3.05) is 29.9 Å². The number of alkyl halides is 4. The van der Waals surface area contributed by atoms with Crippen LogP contribution in [0.3, 0.4) is 0 Å². The summed E-state index contributed by atoms with van der Waals surface area (Å²) in [5.74, 6) is -5.10. The number of nitrogens with zero attached hydrogens (tertiary/aromatic N) is 5. The van der Waals surface area contributed by atoms with E-state index in [1.807, 2.05) is 17.9 Å². The summed E-state index contributed by atoms with van der Waals surface area (Å²) in [5.41, 5.74) is -0.282. The first-order chi connectivity index (χ1) is 17.4. The van der Waals surface area contributed by atoms with E-state index < -0.39 is 23.6 Å². The molecule has 3 aromatic rings. The lowest BCUT2D eigenvalue weighted by molar-refractivity contribution is -0.149. The Labute approximate surface area is 212 Å². The van der Waals surface area contributed by atoms with E-state index in [1.54, 1.807) is 19.2 Å². The molecule has 3 atom stereocenters. The number of rotatable bonds is 6. The Bertz CT molecular complexity index is 1360. The number of carbonyl (C=O) groups is 1. The van der Waals surface area contributed by atoms with E-state index in [0.29, 0.717) is 17.8 Å². The molecule has 0 spiro atoms. The second kappa shape index (κ2) is 8.83. The van der Waals surface area contributed by atoms with Gasteiger partial charge in [-0.1, -0.05) is 12.1 Å². The van der Waals surface area contributed by atoms with Gasteiger partial charge < -0.3 is 19.7 Å². The van der Waals surface area contributed by atoms with Crippen LogP contribution in [0.1, 0.15) is 39.8 Å². The highest BCUT2D eigenvalue weighted by Crippen LogP contribution is 2.48. The minimum absolute atomic E-state index is 0.215. The van der Waals surface area contributed by atoms with Gasteiger partial charge in [-0.25, -0.2) is 8.78 Å². The van der Waals surface area contributed by atoms with Gasteiger partial charge >= 0.3 is 5.92 Å². The van der Waals surface area contributed by atoms with Crippen LogP contribution in [-0.4, -0.2) is 53.0 Å². The topological polar surface area (TPSA) is 66.3 Å². The first-order valence-electron chi connectivity index (χ1n) is 12.0. The Hall–Kier alpha value is -3.47. The van der Waals surface area contributed by atoms with Crippen molar-refractivity contribution in [1.82, 2.24) is 20.1 Å². The van der Waals surface area contributed by atoms with E-state index in [1.165, 1.54) is 30.1 Å². The third kappa shape index (κ3) is 3.96. The lowest BCUT2D eigenvalue weighted by Crippen LogP contribution is -2.39. The van der Waals surface area contributed by atoms with Crippen molar-refractivity contribution >= 4 is 17.3 Å². The van der Waals surface area contributed by atoms with Crippen molar-refractivity contribution in [2.24, 2.45) is 7.05 Å². The summed E-state index contributed by atoms with van der Waals surface area (Å²) >= 11 is 0. The van der Waals surface area contributed by atoms with Crippen LogP contribution in [0.4, 0.5) is 28.9 Å². The number of nitrogens with one attached hydrogen (secondary N) is 1. The second-order valence-corrected chi connectivity index (χ2v) is 9.93. The standard InChI is InChI=1S/C26H28F4N6O/c1-15-8-18(35(4)22-12-31-11-21(22)27)10-19-20(15)13-36(23(19)37)17-7-5-6-16(9-17)25(2,28)26(29,30)24-33-32-14-34(24)3/h5-10,14,21-22,31H,11-13H2,1-4H3/t21-,22+,25+/m0/s1. The molecule has 0 aliphatic carbocycles. The minimum Gasteiger partial charge on any atom is -0.367 e. The SMILES string of the molecule is Cc1cc(N(C)[C@@H]2CNC[C@@H]2F)cc2c1CN(c1cccc([C@@](C)(F)C(F)(F)c3nncn3C)c1)C2=O. The zero-order chi connectivity index (χ0) is 26.7. The molecule has 0 saturated carbocycles. The first-order valence-corrected chi connectivity index (χ1v) is 12.0. The van der Waals surface area contributed by atoms with Gasteiger partial charge in [-0.3, -0.25) is 4.79 Å². The van der Waals surface area contributed by atoms with Crippen molar-refractivity contribution < 1.29 is 22.4 Å². The number of likely N-dealkylation sites (N-methyl/N-ethyl adjacent to an activating group) is 1. The Morgan fingerprint density at radius 2 is 1.92 bits per heavy atom. The Morgan fingerprint density at radius 3 is 2.57 bits per heavy atom. The summed E-state index contributed by atoms with van der Waals surface area (Å²) in [6, 6.07) is 8.88. The van der Waals surface area contributed by atoms with E-state index in [2.05, 4.69) is 15.5 Å². The molecule has 1 fully saturated rings. The molecule has 0 unspecified atom stereocenters. The molecule has 2 aromatic carbocycles. The van der Waals surface area contributed by atoms with Gasteiger partial charge in [-0.15, -0.1) is 10.2 Å². The molecule has 5 rings (SSSR count). The second-order valence-electron chi connectivity index (χ2n) is 9.93. The van der Waals surface area contributed by atoms with Crippen LogP contribution in [0.25, 0.3) is 0 Å². The largest absolute Gasteiger partial charge is 0.367 e. The first kappa shape index (κ1) is 25.2. The Morgan fingerprint density at radius 1 is 1.16 bits per heavy atom. The zero-order valence-corrected chi connectivity index (χ0v) is 21.0. The molecule has 1 saturated heterocycles. The van der Waals surface area contributed by atoms with Crippen molar-refractivity contribution in [1.29, 1.82) is 0 Å². The van der Waals surface area contributed by atoms with Crippen LogP contribution in [0.2, 0.25) is 0 Å². The maximum Gasteiger partial charge on any atom is 0.343 e. The Kier molecular flexibility index (Phi) is 6.01. The summed E-state index contributed by atoms with van der Waals surface area (Å²) in [7, 11) is 3.12. The fraction of sp³-hybridized carbons (Fsp3) is 0.423. The summed E-state index contributed by atoms with van der Waals surface area (Å²) in [6.45, 7) is 3.67. The minimum atomic E-state index is -3.98. The number of benzene rings is 2. The summed E-state index contributed by atoms with van der Waals surface area (Å²) in [4.78, 5) is 16.7. The van der Waals surface area contributed by atoms with Crippen LogP contribution < -0.4 is 15.1 Å². The number of carbonyl (C=O) groups excluding carboxylic acids is 1. The predicted octanol–water partition coefficient (Wildman–Crippen LogP) is 4.01. The third-order valence-electron chi connectivity index (χ3n) is 7.55. The fourth-order valence-electron chi connectivity index (χ4n) is 5.11. The normalized spacial score (nSPS) is 21.3. The number of aryl methyl sites for hydroxylation is 2. The van der Waals surface area contributed by atoms with Gasteiger partial charge in [0.1, 0.15) is 12.5 Å². The lowest BCUT2D eigenvalue weighted by Gasteiger charge is -2.30. The third-order valence-corrected chi connectivity index (χ3v) is 7.55. The smallest absolute Gasteiger partial charge is 0.343 e. The van der Waals surface area contributed by atoms with Gasteiger partial charge in [0.05, 0.1) is 12.6 Å². The molecule has 2 aliphatic heterocycles. The van der Waals surface area contributed by atoms with Gasteiger partial charge in [0.2, 0.25) is 11.5 Å². The average Bonchev–Trinajstić information content (AvgIpc) is 3.58. The molecule has 0 bridgehead atoms. The van der Waals surface area contributed by atoms with E-state index in [9.17, 15) is 9.18 Å². The maximum absolute atomic E-state index is 15.8. The highest BCUT2D eigenvalue weighted by molar-refractivity contribution is 6.11. The number of anilines is 2. The van der Waals surface area contributed by atoms with E-state index in [-0.39, 0.29) is 30.6 Å². The molecule has 37 heavy (non-hydrogen) atoms. The fourth-order valence-corrected chi connectivity index (χ4v) is 5.11. The molecular formula is C26H28F4N6O. The van der Waals surface area contributed by atoms with Gasteiger partial charge in [0.25, 0.3) is 5.91 Å². The zero-order valence-electron chi connectivity index (χ0n) is 21.0. The quantitative estimate of drug-likeness (QED) is 0.502. The van der Waals surface area contributed by atoms with Crippen molar-refractivity contribution in [2.45, 2.75) is 44.2 Å². The highest BCUT2D eigenvalue weighted by atomic mass is 19.3. The molecule has 2 aliphatic rings. The number of aromatic nitrogens is 3. The number of amides is 1. The van der Waals surface area contributed by atoms with Crippen LogP contribution >= 0.6 is 0 Å². The Balaban J connectivity index is 1.46. The van der Waals surface area contributed by atoms with Gasteiger partial charge in [-0.2, -0.15) is 8.78 Å². The predicted molar refractivity (Wildman–Crippen MR) is 131 cm³/mol. The summed E-state index contributed by atoms with van der Waals surface area (Å²) in [5, 5.41) is 9.89. The molecule has 196 valence electrons. The van der Waals surface area contributed by atoms with Crippen LogP contribution in [-0.2, 0) is 25.2 Å². The van der Waals surface area contributed by atoms with Crippen LogP contribution in [0.5, 0.6) is 0 Å². The lowest BCUT2D eigenvalue weighted by atomic mass is 9.90. The van der Waals surface area contributed by atoms with Crippen LogP contribution in [0, 0.1) is 6.92 Å². The molecule has 11 heteroatoms.